The Morgan fingerprint density at radius 2 is 1.87 bits per heavy atom. The van der Waals surface area contributed by atoms with Crippen molar-refractivity contribution in [3.8, 4) is 5.75 Å². The number of hydrogen-bond acceptors (Lipinski definition) is 3. The summed E-state index contributed by atoms with van der Waals surface area (Å²) in [6.45, 7) is 13.2. The molecule has 0 amide bonds. The van der Waals surface area contributed by atoms with Crippen LogP contribution in [-0.4, -0.2) is 17.7 Å². The highest BCUT2D eigenvalue weighted by Crippen LogP contribution is 2.39. The van der Waals surface area contributed by atoms with E-state index in [4.69, 9.17) is 4.74 Å². The van der Waals surface area contributed by atoms with Crippen LogP contribution in [0, 0.1) is 16.7 Å². The van der Waals surface area contributed by atoms with Crippen LogP contribution in [0.1, 0.15) is 59.9 Å². The number of carbonyl (C=O) groups is 1. The molecule has 0 saturated carbocycles. The smallest absolute Gasteiger partial charge is 0.309 e. The number of esters is 1. The third kappa shape index (κ3) is 6.64. The van der Waals surface area contributed by atoms with Crippen molar-refractivity contribution in [1.29, 1.82) is 0 Å². The van der Waals surface area contributed by atoms with Gasteiger partial charge in [0.05, 0.1) is 12.5 Å². The van der Waals surface area contributed by atoms with Crippen LogP contribution in [0.4, 0.5) is 0 Å². The Labute approximate surface area is 141 Å². The van der Waals surface area contributed by atoms with E-state index in [1.54, 1.807) is 18.2 Å². The Bertz CT molecular complexity index is 512. The topological polar surface area (TPSA) is 46.5 Å². The number of phenols is 1. The molecule has 130 valence electrons. The van der Waals surface area contributed by atoms with Crippen molar-refractivity contribution in [3.63, 3.8) is 0 Å². The summed E-state index contributed by atoms with van der Waals surface area (Å²) in [5.41, 5.74) is 0.983. The Balaban J connectivity index is 2.66. The van der Waals surface area contributed by atoms with Gasteiger partial charge in [0.1, 0.15) is 5.75 Å². The highest BCUT2D eigenvalue weighted by atomic mass is 16.5. The first-order chi connectivity index (χ1) is 10.5. The van der Waals surface area contributed by atoms with E-state index in [9.17, 15) is 9.90 Å². The van der Waals surface area contributed by atoms with Gasteiger partial charge < -0.3 is 9.84 Å². The Morgan fingerprint density at radius 1 is 1.22 bits per heavy atom. The van der Waals surface area contributed by atoms with Crippen molar-refractivity contribution in [2.24, 2.45) is 16.7 Å². The molecule has 0 saturated heterocycles. The summed E-state index contributed by atoms with van der Waals surface area (Å²) < 4.78 is 5.56. The van der Waals surface area contributed by atoms with Gasteiger partial charge in [0, 0.05) is 6.42 Å². The second kappa shape index (κ2) is 7.85. The highest BCUT2D eigenvalue weighted by Gasteiger charge is 2.37. The zero-order valence-corrected chi connectivity index (χ0v) is 15.5. The summed E-state index contributed by atoms with van der Waals surface area (Å²) >= 11 is 0. The van der Waals surface area contributed by atoms with Crippen molar-refractivity contribution < 1.29 is 14.6 Å². The van der Waals surface area contributed by atoms with Gasteiger partial charge in [0.2, 0.25) is 0 Å². The summed E-state index contributed by atoms with van der Waals surface area (Å²) in [4.78, 5) is 12.6. The number of carbonyl (C=O) groups excluding carboxylic acids is 1. The van der Waals surface area contributed by atoms with E-state index in [0.29, 0.717) is 13.0 Å². The fourth-order valence-corrected chi connectivity index (χ4v) is 2.62. The van der Waals surface area contributed by atoms with Crippen LogP contribution in [0.25, 0.3) is 0 Å². The van der Waals surface area contributed by atoms with Crippen LogP contribution in [0.3, 0.4) is 0 Å². The molecule has 0 spiro atoms. The molecule has 3 nitrogen and oxygen atoms in total. The van der Waals surface area contributed by atoms with E-state index in [1.165, 1.54) is 0 Å². The van der Waals surface area contributed by atoms with Gasteiger partial charge in [-0.25, -0.2) is 0 Å². The lowest BCUT2D eigenvalue weighted by molar-refractivity contribution is -0.154. The Morgan fingerprint density at radius 3 is 2.39 bits per heavy atom. The molecule has 23 heavy (non-hydrogen) atoms. The molecule has 0 aliphatic heterocycles. The number of hydrogen-bond donors (Lipinski definition) is 1. The van der Waals surface area contributed by atoms with Crippen molar-refractivity contribution in [2.45, 2.75) is 60.8 Å². The molecule has 1 rings (SSSR count). The van der Waals surface area contributed by atoms with Gasteiger partial charge in [0.15, 0.2) is 0 Å². The van der Waals surface area contributed by atoms with Crippen molar-refractivity contribution in [3.05, 3.63) is 29.8 Å². The van der Waals surface area contributed by atoms with Crippen LogP contribution in [-0.2, 0) is 16.0 Å². The molecule has 0 aliphatic carbocycles. The summed E-state index contributed by atoms with van der Waals surface area (Å²) in [6, 6.07) is 7.07. The molecule has 1 aromatic rings. The van der Waals surface area contributed by atoms with Crippen LogP contribution in [0.15, 0.2) is 24.3 Å². The first-order valence-electron chi connectivity index (χ1n) is 8.50. The maximum atomic E-state index is 12.6. The molecule has 0 heterocycles. The van der Waals surface area contributed by atoms with E-state index in [-0.39, 0.29) is 28.5 Å². The monoisotopic (exact) mass is 320 g/mol. The molecule has 0 aliphatic rings. The SMILES string of the molecule is CCC(C)(C)C(CC(C)(C)C)C(=O)OCCc1cccc(O)c1. The number of phenolic OH excluding ortho intramolecular Hbond substituents is 1. The van der Waals surface area contributed by atoms with E-state index in [1.807, 2.05) is 6.07 Å². The molecule has 1 atom stereocenters. The third-order valence-electron chi connectivity index (χ3n) is 4.50. The van der Waals surface area contributed by atoms with E-state index < -0.39 is 0 Å². The number of ether oxygens (including phenoxy) is 1. The third-order valence-corrected chi connectivity index (χ3v) is 4.50. The maximum absolute atomic E-state index is 12.6. The first-order valence-corrected chi connectivity index (χ1v) is 8.50. The van der Waals surface area contributed by atoms with Gasteiger partial charge >= 0.3 is 5.97 Å². The van der Waals surface area contributed by atoms with Gasteiger partial charge in [0.25, 0.3) is 0 Å². The number of benzene rings is 1. The van der Waals surface area contributed by atoms with E-state index in [0.717, 1.165) is 18.4 Å². The van der Waals surface area contributed by atoms with Gasteiger partial charge in [-0.3, -0.25) is 4.79 Å². The zero-order chi connectivity index (χ0) is 17.7. The molecule has 0 aromatic heterocycles. The minimum absolute atomic E-state index is 0.0740. The molecular weight excluding hydrogens is 288 g/mol. The van der Waals surface area contributed by atoms with E-state index in [2.05, 4.69) is 41.5 Å². The summed E-state index contributed by atoms with van der Waals surface area (Å²) in [6.07, 6.45) is 2.38. The second-order valence-corrected chi connectivity index (χ2v) is 8.25. The van der Waals surface area contributed by atoms with Gasteiger partial charge in [-0.1, -0.05) is 60.1 Å². The lowest BCUT2D eigenvalue weighted by Crippen LogP contribution is -2.35. The standard InChI is InChI=1S/C20H32O3/c1-7-20(5,6)17(14-19(2,3)4)18(22)23-12-11-15-9-8-10-16(21)13-15/h8-10,13,17,21H,7,11-12,14H2,1-6H3. The minimum Gasteiger partial charge on any atom is -0.508 e. The summed E-state index contributed by atoms with van der Waals surface area (Å²) in [5.74, 6) is 0.0372. The first kappa shape index (κ1) is 19.5. The molecule has 1 N–H and O–H groups in total. The molecule has 1 aromatic carbocycles. The maximum Gasteiger partial charge on any atom is 0.309 e. The van der Waals surface area contributed by atoms with Crippen molar-refractivity contribution >= 4 is 5.97 Å². The zero-order valence-electron chi connectivity index (χ0n) is 15.5. The number of rotatable bonds is 7. The van der Waals surface area contributed by atoms with Gasteiger partial charge in [-0.05, 0) is 34.9 Å². The summed E-state index contributed by atoms with van der Waals surface area (Å²) in [5, 5.41) is 9.47. The predicted octanol–water partition coefficient (Wildman–Crippen LogP) is 4.97. The molecule has 0 radical (unpaired) electrons. The normalized spacial score (nSPS) is 13.7. The van der Waals surface area contributed by atoms with Crippen LogP contribution < -0.4 is 0 Å². The fourth-order valence-electron chi connectivity index (χ4n) is 2.62. The quantitative estimate of drug-likeness (QED) is 0.722. The average molecular weight is 320 g/mol. The minimum atomic E-state index is -0.105. The Hall–Kier alpha value is -1.51. The Kier molecular flexibility index (Phi) is 6.67. The van der Waals surface area contributed by atoms with Crippen LogP contribution in [0.5, 0.6) is 5.75 Å². The van der Waals surface area contributed by atoms with Gasteiger partial charge in [-0.15, -0.1) is 0 Å². The second-order valence-electron chi connectivity index (χ2n) is 8.25. The predicted molar refractivity (Wildman–Crippen MR) is 94.4 cm³/mol. The fraction of sp³-hybridized carbons (Fsp3) is 0.650. The van der Waals surface area contributed by atoms with E-state index >= 15 is 0 Å². The lowest BCUT2D eigenvalue weighted by Gasteiger charge is -2.35. The average Bonchev–Trinajstić information content (AvgIpc) is 2.43. The van der Waals surface area contributed by atoms with Crippen LogP contribution in [0.2, 0.25) is 0 Å². The molecule has 1 unspecified atom stereocenters. The highest BCUT2D eigenvalue weighted by molar-refractivity contribution is 5.73. The van der Waals surface area contributed by atoms with Crippen LogP contribution >= 0.6 is 0 Å². The summed E-state index contributed by atoms with van der Waals surface area (Å²) in [7, 11) is 0. The largest absolute Gasteiger partial charge is 0.508 e. The lowest BCUT2D eigenvalue weighted by atomic mass is 9.70. The molecular formula is C20H32O3. The van der Waals surface area contributed by atoms with Crippen molar-refractivity contribution in [2.75, 3.05) is 6.61 Å². The van der Waals surface area contributed by atoms with Crippen molar-refractivity contribution in [1.82, 2.24) is 0 Å². The molecule has 0 bridgehead atoms. The number of aromatic hydroxyl groups is 1. The molecule has 0 fully saturated rings. The molecule has 3 heteroatoms. The van der Waals surface area contributed by atoms with Gasteiger partial charge in [-0.2, -0.15) is 0 Å².